The molecule has 0 aliphatic rings. The maximum atomic E-state index is 13.6. The van der Waals surface area contributed by atoms with Crippen molar-refractivity contribution in [3.8, 4) is 5.75 Å². The van der Waals surface area contributed by atoms with Gasteiger partial charge in [-0.3, -0.25) is 0 Å². The van der Waals surface area contributed by atoms with Crippen LogP contribution in [0.25, 0.3) is 0 Å². The van der Waals surface area contributed by atoms with Crippen molar-refractivity contribution in [3.05, 3.63) is 59.9 Å². The van der Waals surface area contributed by atoms with E-state index in [1.165, 1.54) is 23.0 Å². The summed E-state index contributed by atoms with van der Waals surface area (Å²) >= 11 is 2.96. The zero-order valence-corrected chi connectivity index (χ0v) is 14.7. The minimum absolute atomic E-state index is 0.312. The van der Waals surface area contributed by atoms with Gasteiger partial charge in [-0.2, -0.15) is 0 Å². The molecule has 0 spiro atoms. The van der Waals surface area contributed by atoms with Crippen LogP contribution < -0.4 is 10.1 Å². The summed E-state index contributed by atoms with van der Waals surface area (Å²) in [5.74, 6) is 1.32. The molecule has 3 rings (SSSR count). The topological polar surface area (TPSA) is 47.0 Å². The van der Waals surface area contributed by atoms with Gasteiger partial charge in [0.2, 0.25) is 5.13 Å². The summed E-state index contributed by atoms with van der Waals surface area (Å²) in [6.45, 7) is 2.63. The van der Waals surface area contributed by atoms with Gasteiger partial charge in [0, 0.05) is 5.75 Å². The van der Waals surface area contributed by atoms with E-state index >= 15 is 0 Å². The number of nitrogens with zero attached hydrogens (tertiary/aromatic N) is 2. The Balaban J connectivity index is 1.46. The van der Waals surface area contributed by atoms with Gasteiger partial charge in [0.15, 0.2) is 4.34 Å². The molecule has 0 aliphatic heterocycles. The van der Waals surface area contributed by atoms with Crippen LogP contribution in [-0.4, -0.2) is 22.6 Å². The van der Waals surface area contributed by atoms with Crippen LogP contribution in [0.3, 0.4) is 0 Å². The van der Waals surface area contributed by atoms with Gasteiger partial charge >= 0.3 is 0 Å². The van der Waals surface area contributed by atoms with Crippen LogP contribution in [0.2, 0.25) is 0 Å². The molecule has 1 N–H and O–H groups in total. The van der Waals surface area contributed by atoms with Crippen LogP contribution in [0, 0.1) is 12.7 Å². The van der Waals surface area contributed by atoms with E-state index in [0.29, 0.717) is 17.4 Å². The molecule has 0 unspecified atom stereocenters. The Morgan fingerprint density at radius 2 is 1.92 bits per heavy atom. The third-order valence-electron chi connectivity index (χ3n) is 3.12. The number of ether oxygens (including phenoxy) is 1. The molecule has 1 aromatic heterocycles. The van der Waals surface area contributed by atoms with Gasteiger partial charge in [-0.25, -0.2) is 4.39 Å². The number of aromatic nitrogens is 2. The first-order valence-corrected chi connectivity index (χ1v) is 9.18. The second-order valence-corrected chi connectivity index (χ2v) is 7.31. The minimum Gasteiger partial charge on any atom is -0.493 e. The molecule has 0 radical (unpaired) electrons. The second-order valence-electron chi connectivity index (χ2n) is 4.99. The first kappa shape index (κ1) is 16.7. The van der Waals surface area contributed by atoms with E-state index in [2.05, 4.69) is 15.5 Å². The Morgan fingerprint density at radius 3 is 2.71 bits per heavy atom. The standard InChI is InChI=1S/C17H16FN3OS2/c1-12-6-8-13(9-7-12)22-10-11-23-17-21-20-16(24-17)19-15-5-3-2-4-14(15)18/h2-9H,10-11H2,1H3,(H,19,20). The van der Waals surface area contributed by atoms with E-state index in [1.807, 2.05) is 31.2 Å². The SMILES string of the molecule is Cc1ccc(OCCSc2nnc(Nc3ccccc3F)s2)cc1. The lowest BCUT2D eigenvalue weighted by Crippen LogP contribution is -1.99. The lowest BCUT2D eigenvalue weighted by molar-refractivity contribution is 0.344. The minimum atomic E-state index is -0.312. The highest BCUT2D eigenvalue weighted by atomic mass is 32.2. The summed E-state index contributed by atoms with van der Waals surface area (Å²) in [6.07, 6.45) is 0. The zero-order valence-electron chi connectivity index (χ0n) is 13.0. The quantitative estimate of drug-likeness (QED) is 0.479. The smallest absolute Gasteiger partial charge is 0.210 e. The van der Waals surface area contributed by atoms with Gasteiger partial charge < -0.3 is 10.1 Å². The van der Waals surface area contributed by atoms with Crippen LogP contribution in [0.4, 0.5) is 15.2 Å². The van der Waals surface area contributed by atoms with Crippen LogP contribution in [0.5, 0.6) is 5.75 Å². The first-order chi connectivity index (χ1) is 11.7. The molecule has 124 valence electrons. The lowest BCUT2D eigenvalue weighted by Gasteiger charge is -2.05. The van der Waals surface area contributed by atoms with Crippen molar-refractivity contribution in [2.75, 3.05) is 17.7 Å². The van der Waals surface area contributed by atoms with Crippen molar-refractivity contribution in [1.29, 1.82) is 0 Å². The van der Waals surface area contributed by atoms with Crippen molar-refractivity contribution in [2.45, 2.75) is 11.3 Å². The van der Waals surface area contributed by atoms with Crippen molar-refractivity contribution >= 4 is 33.9 Å². The number of benzene rings is 2. The number of nitrogens with one attached hydrogen (secondary N) is 1. The first-order valence-electron chi connectivity index (χ1n) is 7.38. The highest BCUT2D eigenvalue weighted by Gasteiger charge is 2.07. The molecule has 0 atom stereocenters. The van der Waals surface area contributed by atoms with Gasteiger partial charge in [0.1, 0.15) is 11.6 Å². The van der Waals surface area contributed by atoms with E-state index in [1.54, 1.807) is 30.0 Å². The molecule has 3 aromatic rings. The number of hydrogen-bond donors (Lipinski definition) is 1. The van der Waals surface area contributed by atoms with Crippen LogP contribution in [-0.2, 0) is 0 Å². The van der Waals surface area contributed by atoms with E-state index in [4.69, 9.17) is 4.74 Å². The predicted molar refractivity (Wildman–Crippen MR) is 97.0 cm³/mol. The molecule has 0 saturated heterocycles. The Kier molecular flexibility index (Phi) is 5.66. The summed E-state index contributed by atoms with van der Waals surface area (Å²) in [6, 6.07) is 14.4. The zero-order chi connectivity index (χ0) is 16.8. The summed E-state index contributed by atoms with van der Waals surface area (Å²) in [4.78, 5) is 0. The number of aryl methyl sites for hydroxylation is 1. The Bertz CT molecular complexity index is 793. The van der Waals surface area contributed by atoms with Crippen molar-refractivity contribution in [1.82, 2.24) is 10.2 Å². The number of anilines is 2. The third-order valence-corrected chi connectivity index (χ3v) is 5.06. The molecular formula is C17H16FN3OS2. The van der Waals surface area contributed by atoms with Crippen molar-refractivity contribution < 1.29 is 9.13 Å². The van der Waals surface area contributed by atoms with Crippen LogP contribution in [0.1, 0.15) is 5.56 Å². The van der Waals surface area contributed by atoms with Crippen LogP contribution >= 0.6 is 23.1 Å². The van der Waals surface area contributed by atoms with Gasteiger partial charge in [-0.1, -0.05) is 52.9 Å². The maximum absolute atomic E-state index is 13.6. The number of thioether (sulfide) groups is 1. The third kappa shape index (κ3) is 4.69. The van der Waals surface area contributed by atoms with E-state index in [-0.39, 0.29) is 5.82 Å². The second kappa shape index (κ2) is 8.12. The highest BCUT2D eigenvalue weighted by Crippen LogP contribution is 2.28. The lowest BCUT2D eigenvalue weighted by atomic mass is 10.2. The number of para-hydroxylation sites is 1. The molecule has 0 amide bonds. The molecule has 0 aliphatic carbocycles. The molecular weight excluding hydrogens is 345 g/mol. The fourth-order valence-electron chi connectivity index (χ4n) is 1.92. The average molecular weight is 361 g/mol. The summed E-state index contributed by atoms with van der Waals surface area (Å²) in [7, 11) is 0. The largest absolute Gasteiger partial charge is 0.493 e. The Morgan fingerprint density at radius 1 is 1.12 bits per heavy atom. The number of halogens is 1. The molecule has 24 heavy (non-hydrogen) atoms. The monoisotopic (exact) mass is 361 g/mol. The Labute approximate surface area is 148 Å². The molecule has 0 saturated carbocycles. The molecule has 0 bridgehead atoms. The van der Waals surface area contributed by atoms with Crippen molar-refractivity contribution in [3.63, 3.8) is 0 Å². The maximum Gasteiger partial charge on any atom is 0.210 e. The van der Waals surface area contributed by atoms with E-state index < -0.39 is 0 Å². The molecule has 2 aromatic carbocycles. The highest BCUT2D eigenvalue weighted by molar-refractivity contribution is 8.01. The summed E-state index contributed by atoms with van der Waals surface area (Å²) in [5, 5.41) is 11.6. The molecule has 7 heteroatoms. The summed E-state index contributed by atoms with van der Waals surface area (Å²) in [5.41, 5.74) is 1.60. The van der Waals surface area contributed by atoms with E-state index in [0.717, 1.165) is 15.8 Å². The number of rotatable bonds is 7. The van der Waals surface area contributed by atoms with Gasteiger partial charge in [-0.05, 0) is 31.2 Å². The normalized spacial score (nSPS) is 10.6. The molecule has 4 nitrogen and oxygen atoms in total. The molecule has 1 heterocycles. The Hall–Kier alpha value is -2.12. The average Bonchev–Trinajstić information content (AvgIpc) is 3.03. The number of hydrogen-bond acceptors (Lipinski definition) is 6. The fourth-order valence-corrected chi connectivity index (χ4v) is 3.57. The summed E-state index contributed by atoms with van der Waals surface area (Å²) < 4.78 is 20.1. The fraction of sp³-hybridized carbons (Fsp3) is 0.176. The predicted octanol–water partition coefficient (Wildman–Crippen LogP) is 4.90. The van der Waals surface area contributed by atoms with Gasteiger partial charge in [0.25, 0.3) is 0 Å². The van der Waals surface area contributed by atoms with Gasteiger partial charge in [0.05, 0.1) is 12.3 Å². The van der Waals surface area contributed by atoms with Crippen LogP contribution in [0.15, 0.2) is 52.9 Å². The van der Waals surface area contributed by atoms with Crippen molar-refractivity contribution in [2.24, 2.45) is 0 Å². The molecule has 0 fully saturated rings. The van der Waals surface area contributed by atoms with Gasteiger partial charge in [-0.15, -0.1) is 10.2 Å². The van der Waals surface area contributed by atoms with E-state index in [9.17, 15) is 4.39 Å².